The van der Waals surface area contributed by atoms with E-state index in [2.05, 4.69) is 25.3 Å². The third-order valence-corrected chi connectivity index (χ3v) is 4.62. The van der Waals surface area contributed by atoms with Crippen molar-refractivity contribution in [2.24, 2.45) is 7.05 Å². The lowest BCUT2D eigenvalue weighted by Crippen LogP contribution is -2.44. The molecule has 0 aliphatic carbocycles. The molecule has 2 aromatic heterocycles. The summed E-state index contributed by atoms with van der Waals surface area (Å²) in [6, 6.07) is 6.87. The molecule has 0 amide bonds. The first-order valence-corrected chi connectivity index (χ1v) is 8.91. The van der Waals surface area contributed by atoms with Gasteiger partial charge in [-0.3, -0.25) is 4.68 Å². The average Bonchev–Trinajstić information content (AvgIpc) is 3.14. The molecule has 0 unspecified atom stereocenters. The Balaban J connectivity index is 0.00000240. The number of anilines is 1. The van der Waals surface area contributed by atoms with Crippen LogP contribution in [-0.2, 0) is 13.2 Å². The van der Waals surface area contributed by atoms with Crippen LogP contribution in [0.15, 0.2) is 42.7 Å². The molecule has 3 heterocycles. The third-order valence-electron chi connectivity index (χ3n) is 4.62. The van der Waals surface area contributed by atoms with Gasteiger partial charge in [-0.25, -0.2) is 9.97 Å². The van der Waals surface area contributed by atoms with Gasteiger partial charge in [0.05, 0.1) is 23.0 Å². The molecule has 3 aromatic rings. The van der Waals surface area contributed by atoms with Gasteiger partial charge >= 0.3 is 6.18 Å². The summed E-state index contributed by atoms with van der Waals surface area (Å²) in [6.45, 7) is 3.30. The first-order chi connectivity index (χ1) is 13.4. The fourth-order valence-electron chi connectivity index (χ4n) is 3.13. The summed E-state index contributed by atoms with van der Waals surface area (Å²) >= 11 is 0. The molecule has 0 radical (unpaired) electrons. The molecule has 1 aliphatic heterocycles. The Kier molecular flexibility index (Phi) is 6.09. The van der Waals surface area contributed by atoms with Gasteiger partial charge in [0, 0.05) is 51.1 Å². The van der Waals surface area contributed by atoms with E-state index < -0.39 is 11.7 Å². The van der Waals surface area contributed by atoms with Gasteiger partial charge < -0.3 is 10.2 Å². The fourth-order valence-corrected chi connectivity index (χ4v) is 3.13. The van der Waals surface area contributed by atoms with Crippen LogP contribution in [0.25, 0.3) is 22.6 Å². The van der Waals surface area contributed by atoms with Gasteiger partial charge in [-0.2, -0.15) is 18.3 Å². The van der Waals surface area contributed by atoms with E-state index >= 15 is 0 Å². The molecule has 0 atom stereocenters. The van der Waals surface area contributed by atoms with Crippen LogP contribution in [0.2, 0.25) is 0 Å². The summed E-state index contributed by atoms with van der Waals surface area (Å²) in [4.78, 5) is 11.4. The fraction of sp³-hybridized carbons (Fsp3) is 0.316. The maximum atomic E-state index is 12.9. The molecular weight excluding hydrogens is 405 g/mol. The summed E-state index contributed by atoms with van der Waals surface area (Å²) in [6.07, 6.45) is -0.877. The highest BCUT2D eigenvalue weighted by Gasteiger charge is 2.30. The Morgan fingerprint density at radius 1 is 1.00 bits per heavy atom. The summed E-state index contributed by atoms with van der Waals surface area (Å²) in [7, 11) is 1.81. The zero-order chi connectivity index (χ0) is 19.7. The number of aromatic nitrogens is 4. The second kappa shape index (κ2) is 8.38. The molecule has 6 nitrogen and oxygen atoms in total. The number of nitrogens with one attached hydrogen (secondary N) is 1. The van der Waals surface area contributed by atoms with Crippen molar-refractivity contribution in [2.75, 3.05) is 31.1 Å². The van der Waals surface area contributed by atoms with E-state index in [9.17, 15) is 13.2 Å². The lowest BCUT2D eigenvalue weighted by atomic mass is 10.1. The Labute approximate surface area is 172 Å². The number of rotatable bonds is 3. The Hall–Kier alpha value is -2.65. The highest BCUT2D eigenvalue weighted by Crippen LogP contribution is 2.32. The summed E-state index contributed by atoms with van der Waals surface area (Å²) in [5.41, 5.74) is 1.26. The molecule has 1 N–H and O–H groups in total. The van der Waals surface area contributed by atoms with E-state index in [0.717, 1.165) is 49.7 Å². The van der Waals surface area contributed by atoms with Crippen LogP contribution in [0.1, 0.15) is 5.56 Å². The van der Waals surface area contributed by atoms with E-state index in [1.54, 1.807) is 17.9 Å². The van der Waals surface area contributed by atoms with Crippen LogP contribution in [0.4, 0.5) is 19.0 Å². The molecule has 154 valence electrons. The summed E-state index contributed by atoms with van der Waals surface area (Å²) in [5, 5.41) is 7.46. The van der Waals surface area contributed by atoms with Crippen molar-refractivity contribution in [2.45, 2.75) is 6.18 Å². The molecule has 1 aromatic carbocycles. The van der Waals surface area contributed by atoms with E-state index in [1.807, 2.05) is 12.3 Å². The second-order valence-corrected chi connectivity index (χ2v) is 6.65. The van der Waals surface area contributed by atoms with Gasteiger partial charge in [0.2, 0.25) is 0 Å². The SMILES string of the molecule is Cl.Cn1cc(-c2nc(-c3ccc(C(F)(F)F)cc3)cc(N3CCNCC3)n2)cn1. The van der Waals surface area contributed by atoms with Gasteiger partial charge in [0.15, 0.2) is 5.82 Å². The maximum absolute atomic E-state index is 12.9. The molecule has 0 bridgehead atoms. The number of piperazine rings is 1. The van der Waals surface area contributed by atoms with Crippen molar-refractivity contribution in [1.82, 2.24) is 25.1 Å². The number of nitrogens with zero attached hydrogens (tertiary/aromatic N) is 5. The molecule has 0 saturated carbocycles. The molecule has 0 spiro atoms. The lowest BCUT2D eigenvalue weighted by Gasteiger charge is -2.28. The lowest BCUT2D eigenvalue weighted by molar-refractivity contribution is -0.137. The van der Waals surface area contributed by atoms with Crippen LogP contribution in [0.3, 0.4) is 0 Å². The van der Waals surface area contributed by atoms with Gasteiger partial charge in [-0.15, -0.1) is 12.4 Å². The topological polar surface area (TPSA) is 58.9 Å². The Bertz CT molecular complexity index is 965. The number of benzene rings is 1. The van der Waals surface area contributed by atoms with E-state index in [-0.39, 0.29) is 12.4 Å². The molecule has 1 saturated heterocycles. The van der Waals surface area contributed by atoms with Crippen molar-refractivity contribution < 1.29 is 13.2 Å². The van der Waals surface area contributed by atoms with Crippen molar-refractivity contribution in [1.29, 1.82) is 0 Å². The van der Waals surface area contributed by atoms with E-state index in [4.69, 9.17) is 0 Å². The molecule has 1 fully saturated rings. The van der Waals surface area contributed by atoms with Gasteiger partial charge in [-0.1, -0.05) is 12.1 Å². The van der Waals surface area contributed by atoms with Crippen LogP contribution in [-0.4, -0.2) is 45.9 Å². The average molecular weight is 425 g/mol. The highest BCUT2D eigenvalue weighted by molar-refractivity contribution is 5.85. The van der Waals surface area contributed by atoms with Crippen molar-refractivity contribution in [3.8, 4) is 22.6 Å². The predicted octanol–water partition coefficient (Wildman–Crippen LogP) is 3.39. The van der Waals surface area contributed by atoms with Gasteiger partial charge in [0.25, 0.3) is 0 Å². The number of hydrogen-bond acceptors (Lipinski definition) is 5. The predicted molar refractivity (Wildman–Crippen MR) is 107 cm³/mol. The summed E-state index contributed by atoms with van der Waals surface area (Å²) in [5.74, 6) is 1.25. The highest BCUT2D eigenvalue weighted by atomic mass is 35.5. The first-order valence-electron chi connectivity index (χ1n) is 8.91. The van der Waals surface area contributed by atoms with Gasteiger partial charge in [0.1, 0.15) is 5.82 Å². The molecule has 1 aliphatic rings. The van der Waals surface area contributed by atoms with Crippen molar-refractivity contribution in [3.63, 3.8) is 0 Å². The largest absolute Gasteiger partial charge is 0.416 e. The van der Waals surface area contributed by atoms with Crippen LogP contribution >= 0.6 is 12.4 Å². The third kappa shape index (κ3) is 4.68. The maximum Gasteiger partial charge on any atom is 0.416 e. The minimum Gasteiger partial charge on any atom is -0.354 e. The number of halogens is 4. The zero-order valence-corrected chi connectivity index (χ0v) is 16.5. The van der Waals surface area contributed by atoms with E-state index in [1.165, 1.54) is 12.1 Å². The zero-order valence-electron chi connectivity index (χ0n) is 15.6. The normalized spacial score (nSPS) is 14.6. The smallest absolute Gasteiger partial charge is 0.354 e. The number of hydrogen-bond donors (Lipinski definition) is 1. The number of aryl methyl sites for hydroxylation is 1. The molecule has 4 rings (SSSR count). The monoisotopic (exact) mass is 424 g/mol. The van der Waals surface area contributed by atoms with Crippen LogP contribution in [0, 0.1) is 0 Å². The molecular formula is C19H20ClF3N6. The standard InChI is InChI=1S/C19H19F3N6.ClH/c1-27-12-14(11-24-27)18-25-16(10-17(26-18)28-8-6-23-7-9-28)13-2-4-15(5-3-13)19(20,21)22;/h2-5,10-12,23H,6-9H2,1H3;1H. The Morgan fingerprint density at radius 3 is 2.28 bits per heavy atom. The quantitative estimate of drug-likeness (QED) is 0.698. The second-order valence-electron chi connectivity index (χ2n) is 6.65. The molecule has 29 heavy (non-hydrogen) atoms. The molecule has 10 heteroatoms. The summed E-state index contributed by atoms with van der Waals surface area (Å²) < 4.78 is 40.3. The van der Waals surface area contributed by atoms with Crippen LogP contribution < -0.4 is 10.2 Å². The van der Waals surface area contributed by atoms with Crippen molar-refractivity contribution >= 4 is 18.2 Å². The minimum atomic E-state index is -4.36. The Morgan fingerprint density at radius 2 is 1.69 bits per heavy atom. The van der Waals surface area contributed by atoms with Crippen molar-refractivity contribution in [3.05, 3.63) is 48.3 Å². The minimum absolute atomic E-state index is 0. The number of alkyl halides is 3. The first kappa shape index (κ1) is 21.1. The van der Waals surface area contributed by atoms with Crippen LogP contribution in [0.5, 0.6) is 0 Å². The van der Waals surface area contributed by atoms with E-state index in [0.29, 0.717) is 17.1 Å². The van der Waals surface area contributed by atoms with Gasteiger partial charge in [-0.05, 0) is 12.1 Å².